The fourth-order valence-corrected chi connectivity index (χ4v) is 5.08. The molecule has 0 atom stereocenters. The van der Waals surface area contributed by atoms with Gasteiger partial charge >= 0.3 is 0 Å². The van der Waals surface area contributed by atoms with Crippen LogP contribution in [-0.4, -0.2) is 86.4 Å². The van der Waals surface area contributed by atoms with Crippen molar-refractivity contribution in [2.45, 2.75) is 12.8 Å². The Morgan fingerprint density at radius 2 is 1.03 bits per heavy atom. The molecular formula is C26H36N6O4S2. The molecule has 206 valence electrons. The second-order valence-corrected chi connectivity index (χ2v) is 11.4. The van der Waals surface area contributed by atoms with Crippen molar-refractivity contribution in [3.8, 4) is 0 Å². The number of hydrogen-bond donors (Lipinski definition) is 4. The SMILES string of the molecule is CN(C)c1ccc(C/C(=N/O)C(=O)NCCSSCCNC(=O)/C(Cc2ccc(N(C)C)cc2)=N\O)cc1. The van der Waals surface area contributed by atoms with Crippen molar-refractivity contribution in [2.75, 3.05) is 62.6 Å². The quantitative estimate of drug-likeness (QED) is 0.0860. The van der Waals surface area contributed by atoms with Crippen molar-refractivity contribution in [1.29, 1.82) is 0 Å². The van der Waals surface area contributed by atoms with Crippen LogP contribution in [0.25, 0.3) is 0 Å². The number of anilines is 2. The lowest BCUT2D eigenvalue weighted by Crippen LogP contribution is -2.34. The van der Waals surface area contributed by atoms with Gasteiger partial charge in [-0.25, -0.2) is 0 Å². The number of carbonyl (C=O) groups is 2. The van der Waals surface area contributed by atoms with Crippen molar-refractivity contribution in [1.82, 2.24) is 10.6 Å². The largest absolute Gasteiger partial charge is 0.410 e. The summed E-state index contributed by atoms with van der Waals surface area (Å²) in [6.07, 6.45) is 0.469. The third kappa shape index (κ3) is 10.5. The first-order chi connectivity index (χ1) is 18.2. The second-order valence-electron chi connectivity index (χ2n) is 8.72. The standard InChI is InChI=1S/C26H36N6O4S2/c1-31(2)21-9-5-19(6-10-21)17-23(29-35)25(33)27-13-15-37-38-16-14-28-26(34)24(30-36)18-20-7-11-22(12-8-20)32(3)4/h5-12,35-36H,13-18H2,1-4H3,(H,27,33)(H,28,34)/b29-23-,30-24-. The number of amides is 2. The van der Waals surface area contributed by atoms with Crippen LogP contribution in [0.2, 0.25) is 0 Å². The van der Waals surface area contributed by atoms with Gasteiger partial charge in [0, 0.05) is 77.0 Å². The molecule has 0 bridgehead atoms. The van der Waals surface area contributed by atoms with E-state index in [1.807, 2.05) is 86.5 Å². The molecule has 0 fully saturated rings. The van der Waals surface area contributed by atoms with E-state index in [0.29, 0.717) is 24.6 Å². The topological polar surface area (TPSA) is 130 Å². The molecule has 0 saturated carbocycles. The van der Waals surface area contributed by atoms with E-state index in [2.05, 4.69) is 20.9 Å². The first-order valence-electron chi connectivity index (χ1n) is 12.0. The summed E-state index contributed by atoms with van der Waals surface area (Å²) in [5.41, 5.74) is 3.95. The average Bonchev–Trinajstić information content (AvgIpc) is 2.91. The molecule has 0 unspecified atom stereocenters. The minimum absolute atomic E-state index is 0.0537. The average molecular weight is 561 g/mol. The van der Waals surface area contributed by atoms with Gasteiger partial charge in [-0.3, -0.25) is 9.59 Å². The van der Waals surface area contributed by atoms with Gasteiger partial charge in [0.05, 0.1) is 0 Å². The number of hydrogen-bond acceptors (Lipinski definition) is 10. The van der Waals surface area contributed by atoms with Crippen molar-refractivity contribution in [3.05, 3.63) is 59.7 Å². The van der Waals surface area contributed by atoms with E-state index in [-0.39, 0.29) is 24.3 Å². The van der Waals surface area contributed by atoms with Gasteiger partial charge in [0.15, 0.2) is 0 Å². The van der Waals surface area contributed by atoms with Gasteiger partial charge in [0.1, 0.15) is 11.4 Å². The molecule has 0 aliphatic carbocycles. The van der Waals surface area contributed by atoms with E-state index >= 15 is 0 Å². The van der Waals surface area contributed by atoms with Crippen LogP contribution in [0.3, 0.4) is 0 Å². The van der Waals surface area contributed by atoms with E-state index in [4.69, 9.17) is 0 Å². The van der Waals surface area contributed by atoms with Crippen LogP contribution in [0.4, 0.5) is 11.4 Å². The molecule has 38 heavy (non-hydrogen) atoms. The Morgan fingerprint density at radius 3 is 1.32 bits per heavy atom. The van der Waals surface area contributed by atoms with Gasteiger partial charge in [-0.15, -0.1) is 0 Å². The lowest BCUT2D eigenvalue weighted by molar-refractivity contribution is -0.115. The van der Waals surface area contributed by atoms with Gasteiger partial charge in [-0.2, -0.15) is 0 Å². The first-order valence-corrected chi connectivity index (χ1v) is 14.5. The number of rotatable bonds is 15. The predicted octanol–water partition coefficient (Wildman–Crippen LogP) is 2.88. The van der Waals surface area contributed by atoms with Gasteiger partial charge in [0.25, 0.3) is 11.8 Å². The van der Waals surface area contributed by atoms with Crippen LogP contribution in [-0.2, 0) is 22.4 Å². The van der Waals surface area contributed by atoms with Crippen molar-refractivity contribution in [2.24, 2.45) is 10.3 Å². The van der Waals surface area contributed by atoms with Crippen molar-refractivity contribution < 1.29 is 20.0 Å². The molecule has 0 aromatic heterocycles. The van der Waals surface area contributed by atoms with E-state index in [9.17, 15) is 20.0 Å². The fourth-order valence-electron chi connectivity index (χ4n) is 3.27. The summed E-state index contributed by atoms with van der Waals surface area (Å²) in [7, 11) is 10.9. The molecule has 0 spiro atoms. The number of oxime groups is 2. The van der Waals surface area contributed by atoms with Crippen LogP contribution in [0.1, 0.15) is 11.1 Å². The highest BCUT2D eigenvalue weighted by molar-refractivity contribution is 8.76. The molecule has 2 aromatic rings. The molecule has 4 N–H and O–H groups in total. The fraction of sp³-hybridized carbons (Fsp3) is 0.385. The molecule has 2 aromatic carbocycles. The third-order valence-corrected chi connectivity index (χ3v) is 7.85. The van der Waals surface area contributed by atoms with Gasteiger partial charge in [0.2, 0.25) is 0 Å². The van der Waals surface area contributed by atoms with Crippen LogP contribution in [0.15, 0.2) is 58.8 Å². The normalized spacial score (nSPS) is 11.7. The molecule has 10 nitrogen and oxygen atoms in total. The Bertz CT molecular complexity index is 1000. The Balaban J connectivity index is 1.61. The summed E-state index contributed by atoms with van der Waals surface area (Å²) < 4.78 is 0. The summed E-state index contributed by atoms with van der Waals surface area (Å²) in [5.74, 6) is 0.475. The highest BCUT2D eigenvalue weighted by atomic mass is 33.1. The summed E-state index contributed by atoms with van der Waals surface area (Å²) in [4.78, 5) is 28.6. The highest BCUT2D eigenvalue weighted by Crippen LogP contribution is 2.19. The maximum atomic E-state index is 12.3. The third-order valence-electron chi connectivity index (χ3n) is 5.44. The van der Waals surface area contributed by atoms with E-state index in [1.54, 1.807) is 21.6 Å². The zero-order valence-electron chi connectivity index (χ0n) is 22.2. The van der Waals surface area contributed by atoms with E-state index in [1.165, 1.54) is 0 Å². The Morgan fingerprint density at radius 1 is 0.684 bits per heavy atom. The summed E-state index contributed by atoms with van der Waals surface area (Å²) in [5, 5.41) is 30.4. The molecular weight excluding hydrogens is 524 g/mol. The summed E-state index contributed by atoms with van der Waals surface area (Å²) >= 11 is 0. The smallest absolute Gasteiger partial charge is 0.269 e. The zero-order chi connectivity index (χ0) is 27.9. The lowest BCUT2D eigenvalue weighted by atomic mass is 10.1. The van der Waals surface area contributed by atoms with E-state index < -0.39 is 11.8 Å². The van der Waals surface area contributed by atoms with Crippen molar-refractivity contribution >= 4 is 56.2 Å². The summed E-state index contributed by atoms with van der Waals surface area (Å²) in [6.45, 7) is 0.824. The lowest BCUT2D eigenvalue weighted by Gasteiger charge is -2.13. The Labute approximate surface area is 231 Å². The first kappa shape index (κ1) is 30.8. The molecule has 0 saturated heterocycles. The Hall–Kier alpha value is -3.38. The van der Waals surface area contributed by atoms with Crippen LogP contribution in [0, 0.1) is 0 Å². The molecule has 0 aliphatic heterocycles. The van der Waals surface area contributed by atoms with Gasteiger partial charge in [-0.05, 0) is 35.4 Å². The minimum atomic E-state index is -0.408. The van der Waals surface area contributed by atoms with Crippen LogP contribution < -0.4 is 20.4 Å². The maximum absolute atomic E-state index is 12.3. The van der Waals surface area contributed by atoms with Gasteiger partial charge < -0.3 is 30.8 Å². The number of benzene rings is 2. The second kappa shape index (κ2) is 16.5. The monoisotopic (exact) mass is 560 g/mol. The highest BCUT2D eigenvalue weighted by Gasteiger charge is 2.14. The van der Waals surface area contributed by atoms with Crippen LogP contribution in [0.5, 0.6) is 0 Å². The molecule has 2 amide bonds. The number of nitrogens with one attached hydrogen (secondary N) is 2. The van der Waals surface area contributed by atoms with Crippen molar-refractivity contribution in [3.63, 3.8) is 0 Å². The minimum Gasteiger partial charge on any atom is -0.410 e. The molecule has 0 radical (unpaired) electrons. The molecule has 2 rings (SSSR count). The zero-order valence-corrected chi connectivity index (χ0v) is 23.8. The maximum Gasteiger partial charge on any atom is 0.269 e. The van der Waals surface area contributed by atoms with Gasteiger partial charge in [-0.1, -0.05) is 56.2 Å². The molecule has 0 heterocycles. The summed E-state index contributed by atoms with van der Waals surface area (Å²) in [6, 6.07) is 15.4. The van der Waals surface area contributed by atoms with E-state index in [0.717, 1.165) is 22.5 Å². The molecule has 12 heteroatoms. The Kier molecular flexibility index (Phi) is 13.4. The number of carbonyl (C=O) groups excluding carboxylic acids is 2. The predicted molar refractivity (Wildman–Crippen MR) is 158 cm³/mol. The van der Waals surface area contributed by atoms with Crippen LogP contribution >= 0.6 is 21.6 Å². The molecule has 0 aliphatic rings. The number of nitrogens with zero attached hydrogens (tertiary/aromatic N) is 4.